The highest BCUT2D eigenvalue weighted by Crippen LogP contribution is 2.36. The van der Waals surface area contributed by atoms with Crippen LogP contribution in [0.1, 0.15) is 12.8 Å². The third-order valence-corrected chi connectivity index (χ3v) is 5.80. The Bertz CT molecular complexity index is 675. The highest BCUT2D eigenvalue weighted by Gasteiger charge is 2.53. The first-order valence-electron chi connectivity index (χ1n) is 6.45. The number of rotatable bonds is 5. The second-order valence-electron chi connectivity index (χ2n) is 5.06. The van der Waals surface area contributed by atoms with Gasteiger partial charge in [-0.2, -0.15) is 4.31 Å². The lowest BCUT2D eigenvalue weighted by Gasteiger charge is -2.33. The molecule has 1 aliphatic rings. The van der Waals surface area contributed by atoms with Gasteiger partial charge in [-0.15, -0.1) is 0 Å². The summed E-state index contributed by atoms with van der Waals surface area (Å²) in [5.74, 6) is -2.10. The Balaban J connectivity index is 2.54. The van der Waals surface area contributed by atoms with Crippen molar-refractivity contribution in [2.75, 3.05) is 20.3 Å². The Morgan fingerprint density at radius 1 is 1.50 bits per heavy atom. The molecule has 9 heteroatoms. The fraction of sp³-hybridized carbons (Fsp3) is 0.462. The molecule has 1 fully saturated rings. The van der Waals surface area contributed by atoms with Gasteiger partial charge in [-0.3, -0.25) is 4.79 Å². The third-order valence-electron chi connectivity index (χ3n) is 3.63. The largest absolute Gasteiger partial charge is 0.480 e. The molecular formula is C13H15ClFNO5S. The standard InChI is InChI=1S/C13H15ClFNO5S/c1-21-8-13(12(17)18)3-2-4-16(13)22(19,20)11-6-9(14)5-10(15)7-11/h5-7H,2-4,8H2,1H3,(H,17,18). The van der Waals surface area contributed by atoms with Crippen LogP contribution in [-0.2, 0) is 19.6 Å². The number of ether oxygens (including phenoxy) is 1. The lowest BCUT2D eigenvalue weighted by molar-refractivity contribution is -0.150. The van der Waals surface area contributed by atoms with E-state index in [-0.39, 0.29) is 29.5 Å². The van der Waals surface area contributed by atoms with Crippen molar-refractivity contribution in [3.8, 4) is 0 Å². The lowest BCUT2D eigenvalue weighted by atomic mass is 9.99. The Morgan fingerprint density at radius 2 is 2.18 bits per heavy atom. The van der Waals surface area contributed by atoms with Gasteiger partial charge in [0.25, 0.3) is 0 Å². The van der Waals surface area contributed by atoms with Gasteiger partial charge in [0.05, 0.1) is 11.5 Å². The van der Waals surface area contributed by atoms with Crippen molar-refractivity contribution in [3.05, 3.63) is 29.0 Å². The molecule has 1 heterocycles. The number of aliphatic carboxylic acids is 1. The first-order chi connectivity index (χ1) is 10.2. The van der Waals surface area contributed by atoms with Gasteiger partial charge in [0.15, 0.2) is 5.54 Å². The molecule has 0 saturated carbocycles. The minimum absolute atomic E-state index is 0.0200. The maximum Gasteiger partial charge on any atom is 0.327 e. The SMILES string of the molecule is COCC1(C(=O)O)CCCN1S(=O)(=O)c1cc(F)cc(Cl)c1. The van der Waals surface area contributed by atoms with E-state index in [1.165, 1.54) is 7.11 Å². The average Bonchev–Trinajstić information content (AvgIpc) is 2.84. The molecule has 1 N–H and O–H groups in total. The number of benzene rings is 1. The van der Waals surface area contributed by atoms with E-state index >= 15 is 0 Å². The predicted octanol–water partition coefficient (Wildman–Crippen LogP) is 1.73. The molecule has 1 atom stereocenters. The Morgan fingerprint density at radius 3 is 2.73 bits per heavy atom. The number of carboxylic acid groups (broad SMARTS) is 1. The Hall–Kier alpha value is -1.22. The van der Waals surface area contributed by atoms with E-state index in [0.717, 1.165) is 22.5 Å². The zero-order valence-electron chi connectivity index (χ0n) is 11.8. The van der Waals surface area contributed by atoms with Gasteiger partial charge in [0.1, 0.15) is 5.82 Å². The van der Waals surface area contributed by atoms with E-state index in [0.29, 0.717) is 6.42 Å². The minimum Gasteiger partial charge on any atom is -0.480 e. The van der Waals surface area contributed by atoms with E-state index in [4.69, 9.17) is 16.3 Å². The molecule has 1 aromatic rings. The average molecular weight is 352 g/mol. The van der Waals surface area contributed by atoms with Gasteiger partial charge in [-0.05, 0) is 31.0 Å². The van der Waals surface area contributed by atoms with Gasteiger partial charge in [0, 0.05) is 18.7 Å². The molecule has 1 saturated heterocycles. The summed E-state index contributed by atoms with van der Waals surface area (Å²) in [4.78, 5) is 11.3. The van der Waals surface area contributed by atoms with Crippen LogP contribution in [-0.4, -0.2) is 49.6 Å². The normalized spacial score (nSPS) is 22.9. The monoisotopic (exact) mass is 351 g/mol. The number of hydrogen-bond donors (Lipinski definition) is 1. The van der Waals surface area contributed by atoms with Crippen molar-refractivity contribution in [1.82, 2.24) is 4.31 Å². The second kappa shape index (κ2) is 6.11. The summed E-state index contributed by atoms with van der Waals surface area (Å²) in [5, 5.41) is 9.42. The highest BCUT2D eigenvalue weighted by atomic mass is 35.5. The number of hydrogen-bond acceptors (Lipinski definition) is 4. The van der Waals surface area contributed by atoms with Gasteiger partial charge >= 0.3 is 5.97 Å². The number of sulfonamides is 1. The van der Waals surface area contributed by atoms with E-state index in [1.807, 2.05) is 0 Å². The van der Waals surface area contributed by atoms with E-state index in [2.05, 4.69) is 0 Å². The van der Waals surface area contributed by atoms with E-state index in [9.17, 15) is 22.7 Å². The second-order valence-corrected chi connectivity index (χ2v) is 7.35. The molecule has 0 aliphatic carbocycles. The molecule has 122 valence electrons. The fourth-order valence-electron chi connectivity index (χ4n) is 2.67. The quantitative estimate of drug-likeness (QED) is 0.873. The summed E-state index contributed by atoms with van der Waals surface area (Å²) >= 11 is 5.69. The topological polar surface area (TPSA) is 83.9 Å². The van der Waals surface area contributed by atoms with Gasteiger partial charge in [-0.25, -0.2) is 12.8 Å². The summed E-state index contributed by atoms with van der Waals surface area (Å²) in [7, 11) is -2.91. The summed E-state index contributed by atoms with van der Waals surface area (Å²) in [5.41, 5.74) is -1.69. The number of carbonyl (C=O) groups is 1. The number of carboxylic acids is 1. The summed E-state index contributed by atoms with van der Waals surface area (Å²) in [6, 6.07) is 2.89. The van der Waals surface area contributed by atoms with E-state index in [1.54, 1.807) is 0 Å². The van der Waals surface area contributed by atoms with Crippen LogP contribution in [0.2, 0.25) is 5.02 Å². The molecular weight excluding hydrogens is 337 g/mol. The molecule has 0 bridgehead atoms. The molecule has 1 unspecified atom stereocenters. The zero-order chi connectivity index (χ0) is 16.5. The smallest absolute Gasteiger partial charge is 0.327 e. The number of nitrogens with zero attached hydrogens (tertiary/aromatic N) is 1. The minimum atomic E-state index is -4.21. The fourth-order valence-corrected chi connectivity index (χ4v) is 4.80. The first kappa shape index (κ1) is 17.1. The Kier molecular flexibility index (Phi) is 4.76. The van der Waals surface area contributed by atoms with Crippen LogP contribution in [0.5, 0.6) is 0 Å². The third kappa shape index (κ3) is 2.83. The van der Waals surface area contributed by atoms with Gasteiger partial charge in [-0.1, -0.05) is 11.6 Å². The maximum atomic E-state index is 13.4. The molecule has 6 nitrogen and oxygen atoms in total. The van der Waals surface area contributed by atoms with Gasteiger partial charge in [0.2, 0.25) is 10.0 Å². The Labute approximate surface area is 132 Å². The molecule has 0 aromatic heterocycles. The van der Waals surface area contributed by atoms with Crippen molar-refractivity contribution in [2.24, 2.45) is 0 Å². The molecule has 0 spiro atoms. The van der Waals surface area contributed by atoms with Crippen molar-refractivity contribution in [1.29, 1.82) is 0 Å². The van der Waals surface area contributed by atoms with Crippen LogP contribution >= 0.6 is 11.6 Å². The summed E-state index contributed by atoms with van der Waals surface area (Å²) in [6.45, 7) is -0.267. The maximum absolute atomic E-state index is 13.4. The molecule has 0 radical (unpaired) electrons. The van der Waals surface area contributed by atoms with Crippen LogP contribution < -0.4 is 0 Å². The van der Waals surface area contributed by atoms with Crippen LogP contribution in [0.15, 0.2) is 23.1 Å². The molecule has 2 rings (SSSR count). The molecule has 22 heavy (non-hydrogen) atoms. The first-order valence-corrected chi connectivity index (χ1v) is 8.27. The molecule has 1 aromatic carbocycles. The van der Waals surface area contributed by atoms with Crippen LogP contribution in [0.25, 0.3) is 0 Å². The predicted molar refractivity (Wildman–Crippen MR) is 76.8 cm³/mol. The highest BCUT2D eigenvalue weighted by molar-refractivity contribution is 7.89. The lowest BCUT2D eigenvalue weighted by Crippen LogP contribution is -2.55. The zero-order valence-corrected chi connectivity index (χ0v) is 13.3. The van der Waals surface area contributed by atoms with Gasteiger partial charge < -0.3 is 9.84 Å². The summed E-state index contributed by atoms with van der Waals surface area (Å²) in [6.07, 6.45) is 0.496. The van der Waals surface area contributed by atoms with Crippen LogP contribution in [0.4, 0.5) is 4.39 Å². The van der Waals surface area contributed by atoms with Crippen LogP contribution in [0.3, 0.4) is 0 Å². The van der Waals surface area contributed by atoms with Crippen molar-refractivity contribution >= 4 is 27.6 Å². The number of halogens is 2. The molecule has 1 aliphatic heterocycles. The van der Waals surface area contributed by atoms with Crippen LogP contribution in [0, 0.1) is 5.82 Å². The van der Waals surface area contributed by atoms with Crippen molar-refractivity contribution in [3.63, 3.8) is 0 Å². The summed E-state index contributed by atoms with van der Waals surface area (Å²) < 4.78 is 44.6. The molecule has 0 amide bonds. The van der Waals surface area contributed by atoms with E-state index < -0.39 is 27.3 Å². The van der Waals surface area contributed by atoms with Crippen molar-refractivity contribution < 1.29 is 27.4 Å². The van der Waals surface area contributed by atoms with Crippen molar-refractivity contribution in [2.45, 2.75) is 23.3 Å². The number of methoxy groups -OCH3 is 1.